The van der Waals surface area contributed by atoms with Gasteiger partial charge in [0.1, 0.15) is 24.5 Å². The first kappa shape index (κ1) is 30.0. The predicted molar refractivity (Wildman–Crippen MR) is 158 cm³/mol. The van der Waals surface area contributed by atoms with Gasteiger partial charge in [0.25, 0.3) is 0 Å². The van der Waals surface area contributed by atoms with Crippen LogP contribution in [0, 0.1) is 0 Å². The van der Waals surface area contributed by atoms with Gasteiger partial charge < -0.3 is 28.8 Å². The van der Waals surface area contributed by atoms with E-state index in [4.69, 9.17) is 23.7 Å². The molecule has 0 aliphatic carbocycles. The first-order chi connectivity index (χ1) is 20.3. The van der Waals surface area contributed by atoms with Crippen LogP contribution >= 0.6 is 0 Å². The molecule has 0 heterocycles. The van der Waals surface area contributed by atoms with Crippen LogP contribution in [0.1, 0.15) is 52.1 Å². The third-order valence-corrected chi connectivity index (χ3v) is 6.30. The van der Waals surface area contributed by atoms with Gasteiger partial charge in [-0.05, 0) is 43.2 Å². The number of phenols is 1. The molecule has 8 nitrogen and oxygen atoms in total. The standard InChI is InChI=1S/C34H34O8/c1-22(2)42-34-32(28(37)19-31(33(34)39-4)41-21-24-13-9-6-10-14-24)27(36)18-26(35)25-15-16-29(30(17-25)38-3)40-20-23-11-7-5-8-12-23/h5-17,19,22,37H,18,20-21H2,1-4H3. The number of benzene rings is 4. The highest BCUT2D eigenvalue weighted by Crippen LogP contribution is 2.46. The fourth-order valence-corrected chi connectivity index (χ4v) is 4.29. The molecule has 1 N–H and O–H groups in total. The van der Waals surface area contributed by atoms with Crippen LogP contribution in [0.4, 0.5) is 0 Å². The number of rotatable bonds is 14. The molecule has 42 heavy (non-hydrogen) atoms. The highest BCUT2D eigenvalue weighted by molar-refractivity contribution is 6.16. The van der Waals surface area contributed by atoms with Gasteiger partial charge in [0.05, 0.1) is 26.7 Å². The van der Waals surface area contributed by atoms with Crippen molar-refractivity contribution in [3.63, 3.8) is 0 Å². The maximum Gasteiger partial charge on any atom is 0.204 e. The molecule has 0 aromatic heterocycles. The van der Waals surface area contributed by atoms with Crippen LogP contribution in [0.25, 0.3) is 0 Å². The van der Waals surface area contributed by atoms with E-state index in [0.717, 1.165) is 11.1 Å². The van der Waals surface area contributed by atoms with Crippen molar-refractivity contribution in [1.82, 2.24) is 0 Å². The van der Waals surface area contributed by atoms with E-state index in [-0.39, 0.29) is 46.8 Å². The van der Waals surface area contributed by atoms with E-state index >= 15 is 0 Å². The Bertz CT molecular complexity index is 1510. The minimum Gasteiger partial charge on any atom is -0.507 e. The fourth-order valence-electron chi connectivity index (χ4n) is 4.29. The Balaban J connectivity index is 1.56. The minimum absolute atomic E-state index is 0.00982. The van der Waals surface area contributed by atoms with Crippen molar-refractivity contribution < 1.29 is 38.4 Å². The Morgan fingerprint density at radius 3 is 1.83 bits per heavy atom. The van der Waals surface area contributed by atoms with Crippen molar-refractivity contribution in [3.05, 3.63) is 107 Å². The predicted octanol–water partition coefficient (Wildman–Crippen LogP) is 6.81. The van der Waals surface area contributed by atoms with Gasteiger partial charge in [0, 0.05) is 11.6 Å². The van der Waals surface area contributed by atoms with E-state index in [1.54, 1.807) is 26.0 Å². The lowest BCUT2D eigenvalue weighted by molar-refractivity contribution is 0.0889. The van der Waals surface area contributed by atoms with Crippen LogP contribution < -0.4 is 23.7 Å². The number of phenolic OH excluding ortho intramolecular Hbond substituents is 1. The van der Waals surface area contributed by atoms with Crippen LogP contribution in [-0.4, -0.2) is 37.0 Å². The van der Waals surface area contributed by atoms with Crippen LogP contribution in [0.2, 0.25) is 0 Å². The number of Topliss-reactive ketones (excluding diaryl/α,β-unsaturated/α-hetero) is 2. The Hall–Kier alpha value is -4.98. The second kappa shape index (κ2) is 14.1. The molecule has 0 spiro atoms. The molecule has 0 saturated heterocycles. The quantitative estimate of drug-likeness (QED) is 0.130. The molecule has 0 aliphatic rings. The first-order valence-electron chi connectivity index (χ1n) is 13.5. The number of methoxy groups -OCH3 is 2. The van der Waals surface area contributed by atoms with E-state index in [2.05, 4.69) is 0 Å². The van der Waals surface area contributed by atoms with Gasteiger partial charge >= 0.3 is 0 Å². The fraction of sp³-hybridized carbons (Fsp3) is 0.235. The first-order valence-corrected chi connectivity index (χ1v) is 13.5. The summed E-state index contributed by atoms with van der Waals surface area (Å²) in [4.78, 5) is 26.7. The molecule has 0 aliphatic heterocycles. The maximum absolute atomic E-state index is 13.5. The third kappa shape index (κ3) is 7.40. The van der Waals surface area contributed by atoms with Crippen molar-refractivity contribution in [2.24, 2.45) is 0 Å². The number of hydrogen-bond acceptors (Lipinski definition) is 8. The number of carbonyl (C=O) groups is 2. The van der Waals surface area contributed by atoms with Gasteiger partial charge in [0.15, 0.2) is 34.6 Å². The lowest BCUT2D eigenvalue weighted by atomic mass is 9.99. The van der Waals surface area contributed by atoms with Crippen molar-refractivity contribution >= 4 is 11.6 Å². The van der Waals surface area contributed by atoms with E-state index < -0.39 is 18.0 Å². The topological polar surface area (TPSA) is 101 Å². The zero-order chi connectivity index (χ0) is 30.1. The average molecular weight is 571 g/mol. The Morgan fingerprint density at radius 2 is 1.29 bits per heavy atom. The van der Waals surface area contributed by atoms with Crippen LogP contribution in [0.3, 0.4) is 0 Å². The van der Waals surface area contributed by atoms with Crippen LogP contribution in [-0.2, 0) is 13.2 Å². The van der Waals surface area contributed by atoms with Gasteiger partial charge in [-0.2, -0.15) is 0 Å². The molecule has 0 amide bonds. The summed E-state index contributed by atoms with van der Waals surface area (Å²) in [7, 11) is 2.90. The molecule has 4 aromatic carbocycles. The number of carbonyl (C=O) groups excluding carboxylic acids is 2. The highest BCUT2D eigenvalue weighted by Gasteiger charge is 2.28. The minimum atomic E-state index is -0.635. The summed E-state index contributed by atoms with van der Waals surface area (Å²) in [5.41, 5.74) is 1.99. The van der Waals surface area contributed by atoms with Crippen molar-refractivity contribution in [2.45, 2.75) is 39.6 Å². The van der Waals surface area contributed by atoms with Crippen molar-refractivity contribution in [1.29, 1.82) is 0 Å². The normalized spacial score (nSPS) is 10.7. The van der Waals surface area contributed by atoms with E-state index in [1.165, 1.54) is 26.4 Å². The summed E-state index contributed by atoms with van der Waals surface area (Å²) in [6.45, 7) is 4.09. The summed E-state index contributed by atoms with van der Waals surface area (Å²) in [5.74, 6) is -0.299. The molecular weight excluding hydrogens is 536 g/mol. The second-order valence-corrected chi connectivity index (χ2v) is 9.74. The van der Waals surface area contributed by atoms with E-state index in [9.17, 15) is 14.7 Å². The average Bonchev–Trinajstić information content (AvgIpc) is 2.99. The third-order valence-electron chi connectivity index (χ3n) is 6.30. The molecule has 4 aromatic rings. The van der Waals surface area contributed by atoms with Crippen molar-refractivity contribution in [2.75, 3.05) is 14.2 Å². The Labute approximate surface area is 245 Å². The number of hydrogen-bond donors (Lipinski definition) is 1. The number of aromatic hydroxyl groups is 1. The lowest BCUT2D eigenvalue weighted by Gasteiger charge is -2.21. The number of ether oxygens (including phenoxy) is 5. The van der Waals surface area contributed by atoms with Gasteiger partial charge in [-0.25, -0.2) is 0 Å². The summed E-state index contributed by atoms with van der Waals surface area (Å²) in [5, 5.41) is 10.9. The zero-order valence-electron chi connectivity index (χ0n) is 24.1. The summed E-state index contributed by atoms with van der Waals surface area (Å²) in [6.07, 6.45) is -0.888. The van der Waals surface area contributed by atoms with Gasteiger partial charge in [-0.1, -0.05) is 60.7 Å². The molecule has 0 bridgehead atoms. The monoisotopic (exact) mass is 570 g/mol. The Morgan fingerprint density at radius 1 is 0.690 bits per heavy atom. The largest absolute Gasteiger partial charge is 0.507 e. The van der Waals surface area contributed by atoms with E-state index in [1.807, 2.05) is 60.7 Å². The summed E-state index contributed by atoms with van der Waals surface area (Å²) in [6, 6.07) is 25.2. The number of ketones is 2. The zero-order valence-corrected chi connectivity index (χ0v) is 24.1. The molecule has 0 saturated carbocycles. The molecule has 0 atom stereocenters. The van der Waals surface area contributed by atoms with Gasteiger partial charge in [0.2, 0.25) is 5.75 Å². The molecule has 218 valence electrons. The van der Waals surface area contributed by atoms with Crippen LogP contribution in [0.5, 0.6) is 34.5 Å². The molecule has 8 heteroatoms. The van der Waals surface area contributed by atoms with Gasteiger partial charge in [-0.15, -0.1) is 0 Å². The van der Waals surface area contributed by atoms with Crippen molar-refractivity contribution in [3.8, 4) is 34.5 Å². The summed E-state index contributed by atoms with van der Waals surface area (Å²) < 4.78 is 28.7. The summed E-state index contributed by atoms with van der Waals surface area (Å²) >= 11 is 0. The Kier molecular flexibility index (Phi) is 10.1. The lowest BCUT2D eigenvalue weighted by Crippen LogP contribution is -2.15. The molecule has 0 unspecified atom stereocenters. The molecule has 0 fully saturated rings. The maximum atomic E-state index is 13.5. The SMILES string of the molecule is COc1cc(C(=O)CC(=O)c2c(O)cc(OCc3ccccc3)c(OC)c2OC(C)C)ccc1OCc1ccccc1. The molecular formula is C34H34O8. The molecule has 0 radical (unpaired) electrons. The molecule has 4 rings (SSSR count). The van der Waals surface area contributed by atoms with Crippen LogP contribution in [0.15, 0.2) is 84.9 Å². The smallest absolute Gasteiger partial charge is 0.204 e. The van der Waals surface area contributed by atoms with Gasteiger partial charge in [-0.3, -0.25) is 9.59 Å². The van der Waals surface area contributed by atoms with E-state index in [0.29, 0.717) is 18.1 Å². The highest BCUT2D eigenvalue weighted by atomic mass is 16.5. The second-order valence-electron chi connectivity index (χ2n) is 9.74.